The topological polar surface area (TPSA) is 90.5 Å². The first kappa shape index (κ1) is 24.7. The molecule has 4 aromatic rings. The first-order valence-corrected chi connectivity index (χ1v) is 11.2. The average Bonchev–Trinajstić information content (AvgIpc) is 3.12. The van der Waals surface area contributed by atoms with Crippen LogP contribution in [-0.4, -0.2) is 39.4 Å². The number of rotatable bonds is 8. The zero-order valence-corrected chi connectivity index (χ0v) is 20.3. The fourth-order valence-electron chi connectivity index (χ4n) is 3.48. The molecule has 0 fully saturated rings. The molecule has 0 aliphatic rings. The van der Waals surface area contributed by atoms with Crippen LogP contribution in [0.3, 0.4) is 0 Å². The number of aromatic hydroxyl groups is 1. The van der Waals surface area contributed by atoms with Gasteiger partial charge in [-0.1, -0.05) is 12.1 Å². The Bertz CT molecular complexity index is 1440. The van der Waals surface area contributed by atoms with Crippen LogP contribution >= 0.6 is 12.2 Å². The Morgan fingerprint density at radius 2 is 1.72 bits per heavy atom. The lowest BCUT2D eigenvalue weighted by molar-refractivity contribution is -0.115. The molecule has 2 aromatic heterocycles. The van der Waals surface area contributed by atoms with Crippen molar-refractivity contribution in [3.05, 3.63) is 88.7 Å². The monoisotopic (exact) mass is 506 g/mol. The highest BCUT2D eigenvalue weighted by Gasteiger charge is 2.20. The number of pyridine rings is 1. The quantitative estimate of drug-likeness (QED) is 0.324. The maximum Gasteiger partial charge on any atom is 0.231 e. The molecule has 2 heterocycles. The van der Waals surface area contributed by atoms with E-state index < -0.39 is 11.7 Å². The predicted octanol–water partition coefficient (Wildman–Crippen LogP) is 5.07. The highest BCUT2D eigenvalue weighted by atomic mass is 32.1. The summed E-state index contributed by atoms with van der Waals surface area (Å²) in [5, 5.41) is 13.8. The number of carbonyl (C=O) groups is 1. The molecular weight excluding hydrogens is 483 g/mol. The van der Waals surface area contributed by atoms with Gasteiger partial charge in [0.05, 0.1) is 38.2 Å². The smallest absolute Gasteiger partial charge is 0.231 e. The fraction of sp³-hybridized carbons (Fsp3) is 0.115. The molecule has 2 N–H and O–H groups in total. The van der Waals surface area contributed by atoms with Crippen LogP contribution in [0.1, 0.15) is 11.3 Å². The van der Waals surface area contributed by atoms with Crippen LogP contribution in [0.2, 0.25) is 0 Å². The number of halogens is 1. The Labute approximate surface area is 211 Å². The number of nitrogens with zero attached hydrogens (tertiary/aromatic N) is 3. The Morgan fingerprint density at radius 3 is 2.33 bits per heavy atom. The van der Waals surface area contributed by atoms with Crippen LogP contribution in [0.15, 0.2) is 66.9 Å². The normalized spacial score (nSPS) is 11.0. The number of amides is 1. The standard InChI is InChI=1S/C26H23FN4O4S/c1-34-20-9-3-17(4-10-20)13-14-30-22(15-24(32)29-23-12-11-21(35-2)16-28-23)25(33)31(26(30)36)19-7-5-18(27)6-8-19/h3-14,16,33H,15H2,1-2H3,(H,28,29,32). The third kappa shape index (κ3) is 5.44. The number of carbonyl (C=O) groups excluding carboxylic acids is 1. The number of methoxy groups -OCH3 is 2. The lowest BCUT2D eigenvalue weighted by Gasteiger charge is -2.07. The van der Waals surface area contributed by atoms with Crippen LogP contribution < -0.4 is 14.8 Å². The molecule has 8 nitrogen and oxygen atoms in total. The van der Waals surface area contributed by atoms with Gasteiger partial charge in [-0.15, -0.1) is 0 Å². The second-order valence-electron chi connectivity index (χ2n) is 7.63. The first-order chi connectivity index (χ1) is 17.4. The molecular formula is C26H23FN4O4S. The van der Waals surface area contributed by atoms with Crippen molar-refractivity contribution in [1.29, 1.82) is 0 Å². The van der Waals surface area contributed by atoms with E-state index in [0.717, 1.165) is 5.56 Å². The summed E-state index contributed by atoms with van der Waals surface area (Å²) < 4.78 is 26.9. The van der Waals surface area contributed by atoms with Crippen LogP contribution in [0.4, 0.5) is 10.2 Å². The number of anilines is 1. The summed E-state index contributed by atoms with van der Waals surface area (Å²) >= 11 is 5.62. The third-order valence-electron chi connectivity index (χ3n) is 5.34. The highest BCUT2D eigenvalue weighted by molar-refractivity contribution is 7.71. The maximum atomic E-state index is 13.5. The van der Waals surface area contributed by atoms with Gasteiger partial charge in [0.15, 0.2) is 4.77 Å². The number of hydrogen-bond donors (Lipinski definition) is 2. The van der Waals surface area contributed by atoms with E-state index in [1.165, 1.54) is 42.1 Å². The number of hydrogen-bond acceptors (Lipinski definition) is 6. The van der Waals surface area contributed by atoms with Crippen molar-refractivity contribution >= 4 is 36.2 Å². The molecule has 0 saturated heterocycles. The van der Waals surface area contributed by atoms with E-state index in [2.05, 4.69) is 10.3 Å². The molecule has 0 atom stereocenters. The summed E-state index contributed by atoms with van der Waals surface area (Å²) in [5.41, 5.74) is 1.55. The zero-order valence-electron chi connectivity index (χ0n) is 19.5. The van der Waals surface area contributed by atoms with Crippen LogP contribution in [0.5, 0.6) is 17.4 Å². The average molecular weight is 507 g/mol. The largest absolute Gasteiger partial charge is 0.497 e. The second-order valence-corrected chi connectivity index (χ2v) is 8.00. The van der Waals surface area contributed by atoms with E-state index in [1.807, 2.05) is 24.3 Å². The summed E-state index contributed by atoms with van der Waals surface area (Å²) in [5.74, 6) is 0.532. The SMILES string of the molecule is COc1ccc(C=Cn2c(CC(=O)Nc3ccc(OC)cn3)c(O)n(-c3ccc(F)cc3)c2=S)cc1. The number of benzene rings is 2. The lowest BCUT2D eigenvalue weighted by Crippen LogP contribution is -2.16. The van der Waals surface area contributed by atoms with Crippen molar-refractivity contribution in [2.75, 3.05) is 19.5 Å². The number of aromatic nitrogens is 3. The van der Waals surface area contributed by atoms with Gasteiger partial charge in [-0.3, -0.25) is 13.9 Å². The summed E-state index contributed by atoms with van der Waals surface area (Å²) in [7, 11) is 3.11. The minimum atomic E-state index is -0.421. The molecule has 0 radical (unpaired) electrons. The van der Waals surface area contributed by atoms with E-state index in [-0.39, 0.29) is 22.8 Å². The summed E-state index contributed by atoms with van der Waals surface area (Å²) in [6.07, 6.45) is 4.73. The first-order valence-electron chi connectivity index (χ1n) is 10.8. The van der Waals surface area contributed by atoms with Crippen molar-refractivity contribution in [1.82, 2.24) is 14.1 Å². The van der Waals surface area contributed by atoms with Gasteiger partial charge in [0, 0.05) is 6.20 Å². The number of ether oxygens (including phenoxy) is 2. The molecule has 1 amide bonds. The molecule has 0 spiro atoms. The Morgan fingerprint density at radius 1 is 1.06 bits per heavy atom. The zero-order chi connectivity index (χ0) is 25.7. The molecule has 2 aromatic carbocycles. The van der Waals surface area contributed by atoms with Gasteiger partial charge < -0.3 is 19.9 Å². The van der Waals surface area contributed by atoms with Crippen molar-refractivity contribution in [2.24, 2.45) is 0 Å². The van der Waals surface area contributed by atoms with Crippen LogP contribution in [0.25, 0.3) is 18.0 Å². The highest BCUT2D eigenvalue weighted by Crippen LogP contribution is 2.27. The molecule has 0 aliphatic heterocycles. The van der Waals surface area contributed by atoms with E-state index in [4.69, 9.17) is 21.7 Å². The van der Waals surface area contributed by atoms with Crippen LogP contribution in [0, 0.1) is 10.6 Å². The van der Waals surface area contributed by atoms with Gasteiger partial charge in [-0.25, -0.2) is 9.37 Å². The molecule has 4 rings (SSSR count). The lowest BCUT2D eigenvalue weighted by atomic mass is 10.2. The molecule has 36 heavy (non-hydrogen) atoms. The minimum Gasteiger partial charge on any atom is -0.497 e. The third-order valence-corrected chi connectivity index (χ3v) is 5.72. The molecule has 10 heteroatoms. The summed E-state index contributed by atoms with van der Waals surface area (Å²) in [6.45, 7) is 0. The molecule has 0 saturated carbocycles. The van der Waals surface area contributed by atoms with Gasteiger partial charge >= 0.3 is 0 Å². The number of nitrogens with one attached hydrogen (secondary N) is 1. The predicted molar refractivity (Wildman–Crippen MR) is 138 cm³/mol. The van der Waals surface area contributed by atoms with Gasteiger partial charge in [-0.2, -0.15) is 0 Å². The van der Waals surface area contributed by atoms with Gasteiger partial charge in [0.1, 0.15) is 23.1 Å². The summed E-state index contributed by atoms with van der Waals surface area (Å²) in [6, 6.07) is 16.1. The van der Waals surface area contributed by atoms with E-state index in [1.54, 1.807) is 36.1 Å². The minimum absolute atomic E-state index is 0.203. The van der Waals surface area contributed by atoms with Crippen molar-refractivity contribution in [3.63, 3.8) is 0 Å². The Balaban J connectivity index is 1.70. The second kappa shape index (κ2) is 10.9. The van der Waals surface area contributed by atoms with Crippen molar-refractivity contribution in [2.45, 2.75) is 6.42 Å². The van der Waals surface area contributed by atoms with E-state index in [9.17, 15) is 14.3 Å². The fourth-order valence-corrected chi connectivity index (χ4v) is 3.84. The van der Waals surface area contributed by atoms with Crippen LogP contribution in [-0.2, 0) is 11.2 Å². The van der Waals surface area contributed by atoms with Gasteiger partial charge in [-0.05, 0) is 72.4 Å². The number of imidazole rings is 1. The van der Waals surface area contributed by atoms with Crippen molar-refractivity contribution < 1.29 is 23.8 Å². The Hall–Kier alpha value is -4.44. The van der Waals surface area contributed by atoms with E-state index >= 15 is 0 Å². The molecule has 0 unspecified atom stereocenters. The maximum absolute atomic E-state index is 13.5. The molecule has 0 aliphatic carbocycles. The molecule has 184 valence electrons. The van der Waals surface area contributed by atoms with E-state index in [0.29, 0.717) is 23.0 Å². The molecule has 0 bridgehead atoms. The van der Waals surface area contributed by atoms with Gasteiger partial charge in [0.25, 0.3) is 0 Å². The van der Waals surface area contributed by atoms with Crippen molar-refractivity contribution in [3.8, 4) is 23.1 Å². The summed E-state index contributed by atoms with van der Waals surface area (Å²) in [4.78, 5) is 17.0. The Kier molecular flexibility index (Phi) is 7.45. The van der Waals surface area contributed by atoms with Gasteiger partial charge in [0.2, 0.25) is 11.8 Å².